The number of hydrogen-bond donors (Lipinski definition) is 0. The highest BCUT2D eigenvalue weighted by molar-refractivity contribution is 6.02. The minimum Gasteiger partial charge on any atom is -0.497 e. The fourth-order valence-corrected chi connectivity index (χ4v) is 3.40. The van der Waals surface area contributed by atoms with Crippen LogP contribution in [0.3, 0.4) is 0 Å². The Hall–Kier alpha value is -3.40. The van der Waals surface area contributed by atoms with Crippen molar-refractivity contribution in [1.82, 2.24) is 0 Å². The Bertz CT molecular complexity index is 1100. The number of ether oxygens (including phenoxy) is 3. The van der Waals surface area contributed by atoms with E-state index in [0.29, 0.717) is 0 Å². The SMILES string of the molecule is COc1ccc(-c2oc3ccc(C)cc3c2-c2cc(OC)cc(OC)c2)cc1. The topological polar surface area (TPSA) is 40.8 Å². The van der Waals surface area contributed by atoms with E-state index in [1.807, 2.05) is 48.5 Å². The van der Waals surface area contributed by atoms with Crippen molar-refractivity contribution in [2.24, 2.45) is 0 Å². The van der Waals surface area contributed by atoms with Crippen LogP contribution in [0.25, 0.3) is 33.4 Å². The van der Waals surface area contributed by atoms with Gasteiger partial charge in [-0.2, -0.15) is 0 Å². The van der Waals surface area contributed by atoms with E-state index in [1.54, 1.807) is 21.3 Å². The van der Waals surface area contributed by atoms with E-state index < -0.39 is 0 Å². The first kappa shape index (κ1) is 18.0. The van der Waals surface area contributed by atoms with Gasteiger partial charge >= 0.3 is 0 Å². The number of fused-ring (bicyclic) bond motifs is 1. The molecule has 0 aliphatic carbocycles. The molecule has 4 aromatic rings. The zero-order chi connectivity index (χ0) is 19.7. The van der Waals surface area contributed by atoms with Gasteiger partial charge in [0.15, 0.2) is 0 Å². The van der Waals surface area contributed by atoms with Crippen LogP contribution in [0.15, 0.2) is 65.1 Å². The van der Waals surface area contributed by atoms with Crippen LogP contribution >= 0.6 is 0 Å². The quantitative estimate of drug-likeness (QED) is 0.423. The molecule has 0 N–H and O–H groups in total. The summed E-state index contributed by atoms with van der Waals surface area (Å²) in [6.45, 7) is 2.08. The summed E-state index contributed by atoms with van der Waals surface area (Å²) in [5.74, 6) is 3.08. The molecule has 1 aromatic heterocycles. The highest BCUT2D eigenvalue weighted by atomic mass is 16.5. The summed E-state index contributed by atoms with van der Waals surface area (Å²) in [5.41, 5.74) is 4.98. The molecule has 0 atom stereocenters. The molecule has 0 bridgehead atoms. The molecule has 0 amide bonds. The molecule has 0 fully saturated rings. The van der Waals surface area contributed by atoms with Crippen LogP contribution < -0.4 is 14.2 Å². The maximum atomic E-state index is 6.29. The molecule has 28 heavy (non-hydrogen) atoms. The number of methoxy groups -OCH3 is 3. The molecule has 4 rings (SSSR count). The predicted molar refractivity (Wildman–Crippen MR) is 111 cm³/mol. The molecular formula is C24H22O4. The minimum absolute atomic E-state index is 0.733. The van der Waals surface area contributed by atoms with Crippen molar-refractivity contribution in [1.29, 1.82) is 0 Å². The van der Waals surface area contributed by atoms with E-state index in [9.17, 15) is 0 Å². The van der Waals surface area contributed by atoms with Gasteiger partial charge in [-0.3, -0.25) is 0 Å². The van der Waals surface area contributed by atoms with Crippen LogP contribution in [0, 0.1) is 6.92 Å². The molecule has 1 heterocycles. The molecule has 0 saturated carbocycles. The molecule has 0 saturated heterocycles. The van der Waals surface area contributed by atoms with Crippen LogP contribution in [-0.4, -0.2) is 21.3 Å². The average molecular weight is 374 g/mol. The van der Waals surface area contributed by atoms with E-state index >= 15 is 0 Å². The van der Waals surface area contributed by atoms with Crippen LogP contribution in [0.1, 0.15) is 5.56 Å². The van der Waals surface area contributed by atoms with Gasteiger partial charge in [0.2, 0.25) is 0 Å². The van der Waals surface area contributed by atoms with Crippen molar-refractivity contribution in [2.45, 2.75) is 6.92 Å². The van der Waals surface area contributed by atoms with Crippen LogP contribution in [0.2, 0.25) is 0 Å². The fraction of sp³-hybridized carbons (Fsp3) is 0.167. The maximum absolute atomic E-state index is 6.29. The van der Waals surface area contributed by atoms with E-state index in [4.69, 9.17) is 18.6 Å². The summed E-state index contributed by atoms with van der Waals surface area (Å²) in [7, 11) is 4.97. The Morgan fingerprint density at radius 1 is 0.643 bits per heavy atom. The van der Waals surface area contributed by atoms with Gasteiger partial charge in [-0.05, 0) is 61.0 Å². The number of benzene rings is 3. The number of rotatable bonds is 5. The summed E-state index contributed by atoms with van der Waals surface area (Å²) in [6, 6.07) is 20.0. The Morgan fingerprint density at radius 2 is 1.29 bits per heavy atom. The highest BCUT2D eigenvalue weighted by Gasteiger charge is 2.19. The average Bonchev–Trinajstić information content (AvgIpc) is 3.11. The standard InChI is InChI=1S/C24H22O4/c1-15-5-10-22-21(11-15)23(17-12-19(26-3)14-20(13-17)27-4)24(28-22)16-6-8-18(25-2)9-7-16/h5-14H,1-4H3. The second-order valence-electron chi connectivity index (χ2n) is 6.64. The van der Waals surface area contributed by atoms with Gasteiger partial charge in [0, 0.05) is 22.6 Å². The first-order chi connectivity index (χ1) is 13.6. The predicted octanol–water partition coefficient (Wildman–Crippen LogP) is 6.10. The Balaban J connectivity index is 2.01. The maximum Gasteiger partial charge on any atom is 0.143 e. The molecular weight excluding hydrogens is 352 g/mol. The van der Waals surface area contributed by atoms with Gasteiger partial charge in [-0.15, -0.1) is 0 Å². The molecule has 0 unspecified atom stereocenters. The normalized spacial score (nSPS) is 10.9. The third kappa shape index (κ3) is 3.18. The van der Waals surface area contributed by atoms with Gasteiger partial charge in [0.25, 0.3) is 0 Å². The van der Waals surface area contributed by atoms with Crippen molar-refractivity contribution in [2.75, 3.05) is 21.3 Å². The summed E-state index contributed by atoms with van der Waals surface area (Å²) in [5, 5.41) is 1.06. The third-order valence-electron chi connectivity index (χ3n) is 4.84. The van der Waals surface area contributed by atoms with Crippen LogP contribution in [0.5, 0.6) is 17.2 Å². The second kappa shape index (κ2) is 7.31. The number of furan rings is 1. The molecule has 0 radical (unpaired) electrons. The molecule has 0 aliphatic heterocycles. The third-order valence-corrected chi connectivity index (χ3v) is 4.84. The number of hydrogen-bond acceptors (Lipinski definition) is 4. The molecule has 4 heteroatoms. The molecule has 3 aromatic carbocycles. The molecule has 0 spiro atoms. The molecule has 4 nitrogen and oxygen atoms in total. The second-order valence-corrected chi connectivity index (χ2v) is 6.64. The molecule has 0 aliphatic rings. The van der Waals surface area contributed by atoms with E-state index in [1.165, 1.54) is 5.56 Å². The largest absolute Gasteiger partial charge is 0.497 e. The summed E-state index contributed by atoms with van der Waals surface area (Å²) in [4.78, 5) is 0. The van der Waals surface area contributed by atoms with Crippen LogP contribution in [0.4, 0.5) is 0 Å². The summed E-state index contributed by atoms with van der Waals surface area (Å²) < 4.78 is 22.5. The lowest BCUT2D eigenvalue weighted by Gasteiger charge is -2.10. The van der Waals surface area contributed by atoms with Crippen molar-refractivity contribution in [3.8, 4) is 39.7 Å². The fourth-order valence-electron chi connectivity index (χ4n) is 3.40. The molecule has 142 valence electrons. The van der Waals surface area contributed by atoms with Crippen molar-refractivity contribution in [3.63, 3.8) is 0 Å². The zero-order valence-corrected chi connectivity index (χ0v) is 16.4. The van der Waals surface area contributed by atoms with E-state index in [2.05, 4.69) is 19.1 Å². The van der Waals surface area contributed by atoms with Gasteiger partial charge in [-0.25, -0.2) is 0 Å². The van der Waals surface area contributed by atoms with Crippen molar-refractivity contribution >= 4 is 11.0 Å². The van der Waals surface area contributed by atoms with E-state index in [-0.39, 0.29) is 0 Å². The lowest BCUT2D eigenvalue weighted by molar-refractivity contribution is 0.394. The monoisotopic (exact) mass is 374 g/mol. The first-order valence-corrected chi connectivity index (χ1v) is 9.04. The Labute approximate surface area is 164 Å². The summed E-state index contributed by atoms with van der Waals surface area (Å²) >= 11 is 0. The lowest BCUT2D eigenvalue weighted by atomic mass is 9.97. The van der Waals surface area contributed by atoms with Crippen molar-refractivity contribution < 1.29 is 18.6 Å². The number of aryl methyl sites for hydroxylation is 1. The van der Waals surface area contributed by atoms with Gasteiger partial charge < -0.3 is 18.6 Å². The van der Waals surface area contributed by atoms with Gasteiger partial charge in [0.1, 0.15) is 28.6 Å². The minimum atomic E-state index is 0.733. The first-order valence-electron chi connectivity index (χ1n) is 9.04. The zero-order valence-electron chi connectivity index (χ0n) is 16.4. The van der Waals surface area contributed by atoms with Gasteiger partial charge in [0.05, 0.1) is 21.3 Å². The highest BCUT2D eigenvalue weighted by Crippen LogP contribution is 2.43. The van der Waals surface area contributed by atoms with E-state index in [0.717, 1.165) is 50.7 Å². The lowest BCUT2D eigenvalue weighted by Crippen LogP contribution is -1.90. The smallest absolute Gasteiger partial charge is 0.143 e. The van der Waals surface area contributed by atoms with Gasteiger partial charge in [-0.1, -0.05) is 11.6 Å². The van der Waals surface area contributed by atoms with Crippen LogP contribution in [-0.2, 0) is 0 Å². The Kier molecular flexibility index (Phi) is 4.70. The Morgan fingerprint density at radius 3 is 1.89 bits per heavy atom. The summed E-state index contributed by atoms with van der Waals surface area (Å²) in [6.07, 6.45) is 0. The van der Waals surface area contributed by atoms with Crippen molar-refractivity contribution in [3.05, 3.63) is 66.2 Å².